The van der Waals surface area contributed by atoms with E-state index in [1.165, 1.54) is 11.8 Å². The molecule has 132 valence electrons. The zero-order chi connectivity index (χ0) is 18.2. The van der Waals surface area contributed by atoms with E-state index in [2.05, 4.69) is 5.32 Å². The molecule has 2 rings (SSSR count). The lowest BCUT2D eigenvalue weighted by Crippen LogP contribution is -2.39. The fourth-order valence-corrected chi connectivity index (χ4v) is 2.48. The van der Waals surface area contributed by atoms with Crippen LogP contribution in [-0.2, 0) is 16.1 Å². The molecular formula is C20H24N2O3. The van der Waals surface area contributed by atoms with Crippen molar-refractivity contribution >= 4 is 17.5 Å². The van der Waals surface area contributed by atoms with Gasteiger partial charge >= 0.3 is 0 Å². The van der Waals surface area contributed by atoms with Crippen molar-refractivity contribution in [3.05, 3.63) is 59.7 Å². The summed E-state index contributed by atoms with van der Waals surface area (Å²) in [5.41, 5.74) is 2.85. The first-order chi connectivity index (χ1) is 12.0. The molecule has 2 amide bonds. The minimum atomic E-state index is -0.202. The van der Waals surface area contributed by atoms with E-state index < -0.39 is 0 Å². The molecular weight excluding hydrogens is 316 g/mol. The number of nitrogens with zero attached hydrogens (tertiary/aromatic N) is 1. The molecule has 2 aromatic rings. The first-order valence-electron chi connectivity index (χ1n) is 8.33. The van der Waals surface area contributed by atoms with Crippen LogP contribution in [0.15, 0.2) is 48.5 Å². The first-order valence-corrected chi connectivity index (χ1v) is 8.33. The molecule has 0 bridgehead atoms. The van der Waals surface area contributed by atoms with Crippen molar-refractivity contribution in [2.24, 2.45) is 0 Å². The van der Waals surface area contributed by atoms with Gasteiger partial charge in [-0.05, 0) is 49.2 Å². The van der Waals surface area contributed by atoms with Gasteiger partial charge in [0.15, 0.2) is 0 Å². The van der Waals surface area contributed by atoms with Crippen molar-refractivity contribution in [3.8, 4) is 5.75 Å². The maximum Gasteiger partial charge on any atom is 0.240 e. The molecule has 0 heterocycles. The molecule has 0 aromatic heterocycles. The highest BCUT2D eigenvalue weighted by molar-refractivity contribution is 5.97. The minimum Gasteiger partial charge on any atom is -0.494 e. The van der Waals surface area contributed by atoms with Gasteiger partial charge in [0.05, 0.1) is 6.61 Å². The van der Waals surface area contributed by atoms with Gasteiger partial charge in [0, 0.05) is 19.2 Å². The van der Waals surface area contributed by atoms with Crippen LogP contribution < -0.4 is 15.0 Å². The van der Waals surface area contributed by atoms with Crippen LogP contribution >= 0.6 is 0 Å². The lowest BCUT2D eigenvalue weighted by atomic mass is 10.1. The second-order valence-corrected chi connectivity index (χ2v) is 5.74. The Balaban J connectivity index is 1.99. The van der Waals surface area contributed by atoms with Gasteiger partial charge in [-0.15, -0.1) is 0 Å². The fourth-order valence-electron chi connectivity index (χ4n) is 2.48. The number of amides is 2. The van der Waals surface area contributed by atoms with Crippen molar-refractivity contribution in [1.82, 2.24) is 5.32 Å². The molecule has 5 heteroatoms. The number of hydrogen-bond acceptors (Lipinski definition) is 3. The number of benzene rings is 2. The second kappa shape index (κ2) is 8.87. The highest BCUT2D eigenvalue weighted by Crippen LogP contribution is 2.19. The third kappa shape index (κ3) is 5.35. The zero-order valence-electron chi connectivity index (χ0n) is 14.9. The van der Waals surface area contributed by atoms with E-state index in [9.17, 15) is 9.59 Å². The van der Waals surface area contributed by atoms with Gasteiger partial charge in [-0.3, -0.25) is 9.59 Å². The van der Waals surface area contributed by atoms with Gasteiger partial charge in [0.2, 0.25) is 11.8 Å². The summed E-state index contributed by atoms with van der Waals surface area (Å²) in [6.07, 6.45) is 0. The standard InChI is InChI=1S/C20H24N2O3/c1-4-25-19-11-9-18(10-12-19)22(16(3)23)14-20(24)21-13-17-8-6-5-7-15(17)2/h5-12H,4,13-14H2,1-3H3,(H,21,24). The lowest BCUT2D eigenvalue weighted by molar-refractivity contribution is -0.123. The fraction of sp³-hybridized carbons (Fsp3) is 0.300. The van der Waals surface area contributed by atoms with E-state index in [1.54, 1.807) is 24.3 Å². The molecule has 0 unspecified atom stereocenters. The average molecular weight is 340 g/mol. The van der Waals surface area contributed by atoms with E-state index >= 15 is 0 Å². The molecule has 1 N–H and O–H groups in total. The van der Waals surface area contributed by atoms with E-state index in [1.807, 2.05) is 38.1 Å². The van der Waals surface area contributed by atoms with Crippen LogP contribution in [0.3, 0.4) is 0 Å². The topological polar surface area (TPSA) is 58.6 Å². The number of carbonyl (C=O) groups excluding carboxylic acids is 2. The number of ether oxygens (including phenoxy) is 1. The number of rotatable bonds is 7. The predicted octanol–water partition coefficient (Wildman–Crippen LogP) is 3.06. The molecule has 0 atom stereocenters. The Bertz CT molecular complexity index is 726. The van der Waals surface area contributed by atoms with Gasteiger partial charge in [-0.25, -0.2) is 0 Å². The molecule has 0 radical (unpaired) electrons. The molecule has 0 aliphatic heterocycles. The van der Waals surface area contributed by atoms with Crippen LogP contribution in [0.2, 0.25) is 0 Å². The van der Waals surface area contributed by atoms with Gasteiger partial charge in [0.25, 0.3) is 0 Å². The average Bonchev–Trinajstić information content (AvgIpc) is 2.60. The van der Waals surface area contributed by atoms with Crippen LogP contribution in [-0.4, -0.2) is 25.0 Å². The number of aryl methyl sites for hydroxylation is 1. The maximum atomic E-state index is 12.3. The third-order valence-electron chi connectivity index (χ3n) is 3.88. The van der Waals surface area contributed by atoms with E-state index in [0.717, 1.165) is 16.9 Å². The molecule has 0 fully saturated rings. The summed E-state index contributed by atoms with van der Waals surface area (Å²) >= 11 is 0. The summed E-state index contributed by atoms with van der Waals surface area (Å²) in [5, 5.41) is 2.87. The number of nitrogens with one attached hydrogen (secondary N) is 1. The summed E-state index contributed by atoms with van der Waals surface area (Å²) in [5.74, 6) is 0.348. The number of hydrogen-bond donors (Lipinski definition) is 1. The van der Waals surface area contributed by atoms with Gasteiger partial charge in [0.1, 0.15) is 12.3 Å². The van der Waals surface area contributed by atoms with Crippen molar-refractivity contribution in [2.75, 3.05) is 18.1 Å². The predicted molar refractivity (Wildman–Crippen MR) is 98.7 cm³/mol. The number of anilines is 1. The smallest absolute Gasteiger partial charge is 0.240 e. The molecule has 0 aliphatic carbocycles. The molecule has 0 spiro atoms. The number of carbonyl (C=O) groups is 2. The Morgan fingerprint density at radius 1 is 1.08 bits per heavy atom. The van der Waals surface area contributed by atoms with Gasteiger partial charge in [-0.2, -0.15) is 0 Å². The summed E-state index contributed by atoms with van der Waals surface area (Å²) < 4.78 is 5.40. The minimum absolute atomic E-state index is 0.0187. The third-order valence-corrected chi connectivity index (χ3v) is 3.88. The molecule has 0 saturated carbocycles. The van der Waals surface area contributed by atoms with Crippen LogP contribution in [0.5, 0.6) is 5.75 Å². The zero-order valence-corrected chi connectivity index (χ0v) is 14.9. The Hall–Kier alpha value is -2.82. The molecule has 25 heavy (non-hydrogen) atoms. The summed E-state index contributed by atoms with van der Waals surface area (Å²) in [7, 11) is 0. The SMILES string of the molecule is CCOc1ccc(N(CC(=O)NCc2ccccc2C)C(C)=O)cc1. The van der Waals surface area contributed by atoms with Crippen molar-refractivity contribution in [3.63, 3.8) is 0 Å². The Morgan fingerprint density at radius 2 is 1.76 bits per heavy atom. The van der Waals surface area contributed by atoms with Crippen LogP contribution in [0.1, 0.15) is 25.0 Å². The Labute approximate surface area is 148 Å². The van der Waals surface area contributed by atoms with Crippen LogP contribution in [0.25, 0.3) is 0 Å². The van der Waals surface area contributed by atoms with Gasteiger partial charge < -0.3 is 15.0 Å². The largest absolute Gasteiger partial charge is 0.494 e. The van der Waals surface area contributed by atoms with E-state index in [4.69, 9.17) is 4.74 Å². The highest BCUT2D eigenvalue weighted by Gasteiger charge is 2.16. The first kappa shape index (κ1) is 18.5. The van der Waals surface area contributed by atoms with Crippen LogP contribution in [0.4, 0.5) is 5.69 Å². The quantitative estimate of drug-likeness (QED) is 0.843. The summed E-state index contributed by atoms with van der Waals surface area (Å²) in [4.78, 5) is 25.6. The van der Waals surface area contributed by atoms with Gasteiger partial charge in [-0.1, -0.05) is 24.3 Å². The van der Waals surface area contributed by atoms with Crippen molar-refractivity contribution < 1.29 is 14.3 Å². The van der Waals surface area contributed by atoms with E-state index in [0.29, 0.717) is 18.8 Å². The summed E-state index contributed by atoms with van der Waals surface area (Å²) in [6, 6.07) is 15.0. The van der Waals surface area contributed by atoms with Crippen molar-refractivity contribution in [2.45, 2.75) is 27.3 Å². The van der Waals surface area contributed by atoms with E-state index in [-0.39, 0.29) is 18.4 Å². The molecule has 0 saturated heterocycles. The second-order valence-electron chi connectivity index (χ2n) is 5.74. The lowest BCUT2D eigenvalue weighted by Gasteiger charge is -2.21. The molecule has 0 aliphatic rings. The van der Waals surface area contributed by atoms with Crippen molar-refractivity contribution in [1.29, 1.82) is 0 Å². The normalized spacial score (nSPS) is 10.2. The summed E-state index contributed by atoms with van der Waals surface area (Å²) in [6.45, 7) is 6.37. The van der Waals surface area contributed by atoms with Crippen LogP contribution in [0, 0.1) is 6.92 Å². The highest BCUT2D eigenvalue weighted by atomic mass is 16.5. The molecule has 2 aromatic carbocycles. The molecule has 5 nitrogen and oxygen atoms in total. The monoisotopic (exact) mass is 340 g/mol. The Morgan fingerprint density at radius 3 is 2.36 bits per heavy atom. The Kier molecular flexibility index (Phi) is 6.57. The maximum absolute atomic E-state index is 12.3.